The van der Waals surface area contributed by atoms with Crippen LogP contribution in [0.15, 0.2) is 243 Å². The molecule has 0 bridgehead atoms. The first-order chi connectivity index (χ1) is 32.0. The summed E-state index contributed by atoms with van der Waals surface area (Å²) >= 11 is 0. The molecule has 11 aromatic rings. The fourth-order valence-corrected chi connectivity index (χ4v) is 10.4. The van der Waals surface area contributed by atoms with Crippen LogP contribution in [0.1, 0.15) is 25.0 Å². The van der Waals surface area contributed by atoms with Crippen molar-refractivity contribution in [3.8, 4) is 61.3 Å². The normalized spacial score (nSPS) is 12.6. The number of para-hydroxylation sites is 3. The van der Waals surface area contributed by atoms with Crippen LogP contribution in [0.2, 0.25) is 0 Å². The van der Waals surface area contributed by atoms with E-state index in [9.17, 15) is 0 Å². The van der Waals surface area contributed by atoms with Gasteiger partial charge in [0, 0.05) is 38.8 Å². The second-order valence-electron chi connectivity index (χ2n) is 17.7. The van der Waals surface area contributed by atoms with E-state index in [4.69, 9.17) is 0 Å². The van der Waals surface area contributed by atoms with Crippen molar-refractivity contribution >= 4 is 38.9 Å². The van der Waals surface area contributed by atoms with E-state index < -0.39 is 0 Å². The van der Waals surface area contributed by atoms with Crippen LogP contribution in [-0.4, -0.2) is 4.57 Å². The zero-order valence-electron chi connectivity index (χ0n) is 36.5. The number of hydrogen-bond acceptors (Lipinski definition) is 1. The average Bonchev–Trinajstić information content (AvgIpc) is 3.82. The lowest BCUT2D eigenvalue weighted by molar-refractivity contribution is 0.660. The summed E-state index contributed by atoms with van der Waals surface area (Å²) in [6, 6.07) is 88.9. The van der Waals surface area contributed by atoms with E-state index in [1.807, 2.05) is 0 Å². The molecule has 0 N–H and O–H groups in total. The molecule has 0 radical (unpaired) electrons. The standard InChI is InChI=1S/C63H46N2/c1-63(2)58-41-49(35-37-54(58)55-38-36-50(42-59(55)63)65-61-33-15-12-30-56(61)57-31-13-16-34-62(57)65)64(48-26-18-25-47(40-48)52-28-10-9-27-51(52)44-21-7-4-8-22-44)60-32-14-11-29-53(60)46-24-17-23-45(39-46)43-19-5-3-6-20-43/h3-42H,1-2H3. The highest BCUT2D eigenvalue weighted by atomic mass is 15.1. The van der Waals surface area contributed by atoms with Crippen LogP contribution >= 0.6 is 0 Å². The summed E-state index contributed by atoms with van der Waals surface area (Å²) in [6.07, 6.45) is 0. The van der Waals surface area contributed by atoms with Gasteiger partial charge in [0.25, 0.3) is 0 Å². The molecule has 1 aliphatic carbocycles. The lowest BCUT2D eigenvalue weighted by Gasteiger charge is -2.30. The molecule has 0 fully saturated rings. The fourth-order valence-electron chi connectivity index (χ4n) is 10.4. The van der Waals surface area contributed by atoms with Gasteiger partial charge >= 0.3 is 0 Å². The third-order valence-corrected chi connectivity index (χ3v) is 13.6. The van der Waals surface area contributed by atoms with Crippen LogP contribution in [0.25, 0.3) is 83.1 Å². The van der Waals surface area contributed by atoms with Gasteiger partial charge in [0.2, 0.25) is 0 Å². The first-order valence-electron chi connectivity index (χ1n) is 22.6. The molecular weight excluding hydrogens is 785 g/mol. The lowest BCUT2D eigenvalue weighted by Crippen LogP contribution is -2.17. The number of aromatic nitrogens is 1. The average molecular weight is 831 g/mol. The zero-order chi connectivity index (χ0) is 43.5. The Morgan fingerprint density at radius 1 is 0.323 bits per heavy atom. The Hall–Kier alpha value is -8.20. The number of nitrogens with zero attached hydrogens (tertiary/aromatic N) is 2. The third-order valence-electron chi connectivity index (χ3n) is 13.6. The third kappa shape index (κ3) is 6.49. The molecule has 1 aliphatic rings. The smallest absolute Gasteiger partial charge is 0.0541 e. The Morgan fingerprint density at radius 3 is 1.52 bits per heavy atom. The van der Waals surface area contributed by atoms with E-state index in [2.05, 4.69) is 266 Å². The second kappa shape index (κ2) is 15.6. The van der Waals surface area contributed by atoms with Crippen LogP contribution in [0.4, 0.5) is 17.1 Å². The van der Waals surface area contributed by atoms with E-state index >= 15 is 0 Å². The summed E-state index contributed by atoms with van der Waals surface area (Å²) in [5, 5.41) is 2.55. The SMILES string of the molecule is CC1(C)c2cc(N(c3cccc(-c4ccccc4-c4ccccc4)c3)c3ccccc3-c3cccc(-c4ccccc4)c3)ccc2-c2ccc(-n3c4ccccc4c4ccccc43)cc21. The van der Waals surface area contributed by atoms with E-state index in [-0.39, 0.29) is 5.41 Å². The molecule has 0 aliphatic heterocycles. The lowest BCUT2D eigenvalue weighted by atomic mass is 9.82. The van der Waals surface area contributed by atoms with Crippen LogP contribution in [0.3, 0.4) is 0 Å². The minimum atomic E-state index is -0.263. The molecule has 0 unspecified atom stereocenters. The Bertz CT molecular complexity index is 3520. The molecule has 1 heterocycles. The number of benzene rings is 10. The Kier molecular flexibility index (Phi) is 9.21. The molecule has 0 atom stereocenters. The number of rotatable bonds is 8. The quantitative estimate of drug-likeness (QED) is 0.148. The molecule has 12 rings (SSSR count). The van der Waals surface area contributed by atoms with Gasteiger partial charge in [-0.2, -0.15) is 0 Å². The van der Waals surface area contributed by atoms with Crippen molar-refractivity contribution in [2.24, 2.45) is 0 Å². The molecule has 2 heteroatoms. The van der Waals surface area contributed by atoms with Crippen molar-refractivity contribution in [1.29, 1.82) is 0 Å². The topological polar surface area (TPSA) is 8.17 Å². The van der Waals surface area contributed by atoms with Crippen molar-refractivity contribution in [3.63, 3.8) is 0 Å². The van der Waals surface area contributed by atoms with Crippen molar-refractivity contribution in [2.75, 3.05) is 4.90 Å². The van der Waals surface area contributed by atoms with E-state index in [1.54, 1.807) is 0 Å². The molecular formula is C63H46N2. The summed E-state index contributed by atoms with van der Waals surface area (Å²) in [5.74, 6) is 0. The van der Waals surface area contributed by atoms with Crippen LogP contribution in [-0.2, 0) is 5.41 Å². The molecule has 0 saturated heterocycles. The van der Waals surface area contributed by atoms with Gasteiger partial charge in [-0.15, -0.1) is 0 Å². The minimum absolute atomic E-state index is 0.263. The van der Waals surface area contributed by atoms with E-state index in [0.717, 1.165) is 17.1 Å². The number of fused-ring (bicyclic) bond motifs is 6. The predicted molar refractivity (Wildman–Crippen MR) is 275 cm³/mol. The van der Waals surface area contributed by atoms with Crippen LogP contribution in [0.5, 0.6) is 0 Å². The molecule has 2 nitrogen and oxygen atoms in total. The molecule has 1 aromatic heterocycles. The molecule has 0 saturated carbocycles. The number of anilines is 3. The van der Waals surface area contributed by atoms with Gasteiger partial charge in [0.1, 0.15) is 0 Å². The van der Waals surface area contributed by atoms with Gasteiger partial charge in [-0.25, -0.2) is 0 Å². The van der Waals surface area contributed by atoms with Gasteiger partial charge in [-0.1, -0.05) is 196 Å². The maximum absolute atomic E-state index is 2.47. The fraction of sp³-hybridized carbons (Fsp3) is 0.0476. The summed E-state index contributed by atoms with van der Waals surface area (Å²) in [6.45, 7) is 4.79. The Labute approximate surface area is 381 Å². The van der Waals surface area contributed by atoms with Crippen molar-refractivity contribution < 1.29 is 0 Å². The molecule has 0 amide bonds. The first-order valence-corrected chi connectivity index (χ1v) is 22.6. The summed E-state index contributed by atoms with van der Waals surface area (Å²) in [7, 11) is 0. The summed E-state index contributed by atoms with van der Waals surface area (Å²) in [4.78, 5) is 2.47. The maximum atomic E-state index is 2.47. The van der Waals surface area contributed by atoms with E-state index in [1.165, 1.54) is 94.3 Å². The summed E-state index contributed by atoms with van der Waals surface area (Å²) in [5.41, 5.74) is 21.5. The highest BCUT2D eigenvalue weighted by molar-refractivity contribution is 6.09. The van der Waals surface area contributed by atoms with Gasteiger partial charge in [0.15, 0.2) is 0 Å². The first kappa shape index (κ1) is 38.5. The van der Waals surface area contributed by atoms with Crippen molar-refractivity contribution in [3.05, 3.63) is 254 Å². The van der Waals surface area contributed by atoms with Crippen molar-refractivity contribution in [1.82, 2.24) is 4.57 Å². The Morgan fingerprint density at radius 2 is 0.815 bits per heavy atom. The number of hydrogen-bond donors (Lipinski definition) is 0. The second-order valence-corrected chi connectivity index (χ2v) is 17.7. The Balaban J connectivity index is 1.02. The highest BCUT2D eigenvalue weighted by Crippen LogP contribution is 2.52. The molecule has 65 heavy (non-hydrogen) atoms. The van der Waals surface area contributed by atoms with E-state index in [0.29, 0.717) is 0 Å². The molecule has 308 valence electrons. The van der Waals surface area contributed by atoms with Crippen LogP contribution < -0.4 is 4.90 Å². The highest BCUT2D eigenvalue weighted by Gasteiger charge is 2.37. The van der Waals surface area contributed by atoms with Crippen molar-refractivity contribution in [2.45, 2.75) is 19.3 Å². The van der Waals surface area contributed by atoms with Gasteiger partial charge < -0.3 is 9.47 Å². The van der Waals surface area contributed by atoms with Gasteiger partial charge in [-0.05, 0) is 122 Å². The summed E-state index contributed by atoms with van der Waals surface area (Å²) < 4.78 is 2.43. The molecule has 10 aromatic carbocycles. The van der Waals surface area contributed by atoms with Gasteiger partial charge in [0.05, 0.1) is 16.7 Å². The largest absolute Gasteiger partial charge is 0.310 e. The van der Waals surface area contributed by atoms with Crippen LogP contribution in [0, 0.1) is 0 Å². The zero-order valence-corrected chi connectivity index (χ0v) is 36.5. The van der Waals surface area contributed by atoms with Gasteiger partial charge in [-0.3, -0.25) is 0 Å². The maximum Gasteiger partial charge on any atom is 0.0541 e. The molecule has 0 spiro atoms. The predicted octanol–water partition coefficient (Wildman–Crippen LogP) is 17.2. The minimum Gasteiger partial charge on any atom is -0.310 e. The monoisotopic (exact) mass is 830 g/mol.